The average Bonchev–Trinajstić information content (AvgIpc) is 3.31. The Morgan fingerprint density at radius 1 is 1.24 bits per heavy atom. The zero-order valence-corrected chi connectivity index (χ0v) is 15.3. The van der Waals surface area contributed by atoms with E-state index in [1.807, 2.05) is 23.6 Å². The first-order valence-electron chi connectivity index (χ1n) is 8.14. The summed E-state index contributed by atoms with van der Waals surface area (Å²) >= 11 is 1.42. The van der Waals surface area contributed by atoms with Crippen molar-refractivity contribution in [1.29, 1.82) is 0 Å². The Labute approximate surface area is 156 Å². The fraction of sp³-hybridized carbons (Fsp3) is 0.412. The highest BCUT2D eigenvalue weighted by atomic mass is 35.5. The van der Waals surface area contributed by atoms with Crippen LogP contribution in [0.4, 0.5) is 5.13 Å². The summed E-state index contributed by atoms with van der Waals surface area (Å²) in [7, 11) is 0. The third-order valence-electron chi connectivity index (χ3n) is 4.00. The van der Waals surface area contributed by atoms with Crippen LogP contribution in [0.2, 0.25) is 0 Å². The minimum absolute atomic E-state index is 0. The van der Waals surface area contributed by atoms with Crippen LogP contribution in [0.15, 0.2) is 23.6 Å². The summed E-state index contributed by atoms with van der Waals surface area (Å²) in [6.45, 7) is 2.39. The summed E-state index contributed by atoms with van der Waals surface area (Å²) in [5, 5.41) is 8.55. The van der Waals surface area contributed by atoms with Crippen molar-refractivity contribution in [2.24, 2.45) is 5.92 Å². The van der Waals surface area contributed by atoms with E-state index in [4.69, 9.17) is 9.47 Å². The first-order chi connectivity index (χ1) is 11.8. The van der Waals surface area contributed by atoms with Crippen molar-refractivity contribution in [2.45, 2.75) is 12.8 Å². The summed E-state index contributed by atoms with van der Waals surface area (Å²) in [6, 6.07) is 5.76. The van der Waals surface area contributed by atoms with E-state index in [1.54, 1.807) is 0 Å². The van der Waals surface area contributed by atoms with Crippen molar-refractivity contribution in [2.75, 3.05) is 31.6 Å². The van der Waals surface area contributed by atoms with Crippen molar-refractivity contribution in [1.82, 2.24) is 10.3 Å². The number of carbonyl (C=O) groups excluding carboxylic acids is 1. The van der Waals surface area contributed by atoms with Gasteiger partial charge in [-0.3, -0.25) is 4.79 Å². The first kappa shape index (κ1) is 18.0. The van der Waals surface area contributed by atoms with Crippen molar-refractivity contribution >= 4 is 34.8 Å². The van der Waals surface area contributed by atoms with Crippen LogP contribution in [0.3, 0.4) is 0 Å². The molecule has 2 aliphatic rings. The van der Waals surface area contributed by atoms with Crippen LogP contribution < -0.4 is 20.1 Å². The van der Waals surface area contributed by atoms with Crippen LogP contribution in [0.1, 0.15) is 12.8 Å². The minimum Gasteiger partial charge on any atom is -0.486 e. The molecule has 1 saturated carbocycles. The second-order valence-corrected chi connectivity index (χ2v) is 6.88. The number of nitrogens with one attached hydrogen (secondary N) is 2. The molecule has 1 aromatic carbocycles. The molecule has 2 aromatic rings. The van der Waals surface area contributed by atoms with E-state index in [0.29, 0.717) is 24.9 Å². The molecule has 0 radical (unpaired) electrons. The number of amides is 1. The quantitative estimate of drug-likeness (QED) is 0.804. The molecular formula is C17H20ClN3O3S. The number of halogens is 1. The Morgan fingerprint density at radius 2 is 2.04 bits per heavy atom. The molecule has 0 spiro atoms. The average molecular weight is 382 g/mol. The minimum atomic E-state index is -0.0567. The molecule has 4 rings (SSSR count). The largest absolute Gasteiger partial charge is 0.486 e. The predicted octanol–water partition coefficient (Wildman–Crippen LogP) is 2.94. The highest BCUT2D eigenvalue weighted by molar-refractivity contribution is 7.14. The highest BCUT2D eigenvalue weighted by Crippen LogP contribution is 2.35. The van der Waals surface area contributed by atoms with E-state index in [9.17, 15) is 4.79 Å². The Balaban J connectivity index is 0.00000182. The number of carbonyl (C=O) groups is 1. The van der Waals surface area contributed by atoms with Gasteiger partial charge >= 0.3 is 0 Å². The third kappa shape index (κ3) is 4.62. The maximum Gasteiger partial charge on any atom is 0.240 e. The van der Waals surface area contributed by atoms with E-state index >= 15 is 0 Å². The highest BCUT2D eigenvalue weighted by Gasteiger charge is 2.20. The second-order valence-electron chi connectivity index (χ2n) is 6.02. The molecule has 134 valence electrons. The van der Waals surface area contributed by atoms with E-state index in [-0.39, 0.29) is 18.3 Å². The van der Waals surface area contributed by atoms with Gasteiger partial charge in [-0.2, -0.15) is 0 Å². The number of nitrogens with zero attached hydrogens (tertiary/aromatic N) is 1. The third-order valence-corrected chi connectivity index (χ3v) is 4.76. The number of hydrogen-bond donors (Lipinski definition) is 2. The molecule has 8 heteroatoms. The summed E-state index contributed by atoms with van der Waals surface area (Å²) < 4.78 is 11.1. The van der Waals surface area contributed by atoms with E-state index < -0.39 is 0 Å². The molecule has 6 nitrogen and oxygen atoms in total. The monoisotopic (exact) mass is 381 g/mol. The lowest BCUT2D eigenvalue weighted by Crippen LogP contribution is -2.29. The summed E-state index contributed by atoms with van der Waals surface area (Å²) in [5.74, 6) is 2.20. The lowest BCUT2D eigenvalue weighted by atomic mass is 10.1. The number of ether oxygens (including phenoxy) is 2. The molecule has 1 aromatic heterocycles. The van der Waals surface area contributed by atoms with Crippen LogP contribution in [0.25, 0.3) is 11.3 Å². The number of fused-ring (bicyclic) bond motifs is 1. The molecule has 0 saturated heterocycles. The maximum absolute atomic E-state index is 11.9. The van der Waals surface area contributed by atoms with Crippen LogP contribution in [-0.4, -0.2) is 37.2 Å². The summed E-state index contributed by atoms with van der Waals surface area (Å²) in [4.78, 5) is 16.4. The van der Waals surface area contributed by atoms with Gasteiger partial charge in [0.05, 0.1) is 12.2 Å². The fourth-order valence-corrected chi connectivity index (χ4v) is 3.28. The number of anilines is 1. The molecule has 0 atom stereocenters. The fourth-order valence-electron chi connectivity index (χ4n) is 2.54. The van der Waals surface area contributed by atoms with Gasteiger partial charge in [0.2, 0.25) is 5.91 Å². The number of thiazole rings is 1. The molecule has 2 N–H and O–H groups in total. The molecule has 1 amide bonds. The Bertz CT molecular complexity index is 748. The molecule has 25 heavy (non-hydrogen) atoms. The Kier molecular flexibility index (Phi) is 5.78. The predicted molar refractivity (Wildman–Crippen MR) is 100 cm³/mol. The number of aromatic nitrogens is 1. The number of rotatable bonds is 6. The van der Waals surface area contributed by atoms with Gasteiger partial charge in [-0.05, 0) is 43.5 Å². The van der Waals surface area contributed by atoms with Crippen LogP contribution in [0, 0.1) is 5.92 Å². The van der Waals surface area contributed by atoms with Crippen molar-refractivity contribution in [3.05, 3.63) is 23.6 Å². The topological polar surface area (TPSA) is 72.5 Å². The molecule has 2 heterocycles. The molecule has 1 aliphatic carbocycles. The Hall–Kier alpha value is -1.83. The summed E-state index contributed by atoms with van der Waals surface area (Å²) in [6.07, 6.45) is 2.56. The van der Waals surface area contributed by atoms with E-state index in [0.717, 1.165) is 35.2 Å². The van der Waals surface area contributed by atoms with Gasteiger partial charge in [0, 0.05) is 10.9 Å². The van der Waals surface area contributed by atoms with Gasteiger partial charge in [0.1, 0.15) is 13.2 Å². The molecular weight excluding hydrogens is 362 g/mol. The van der Waals surface area contributed by atoms with Crippen molar-refractivity contribution < 1.29 is 14.3 Å². The zero-order chi connectivity index (χ0) is 16.4. The molecule has 0 bridgehead atoms. The zero-order valence-electron chi connectivity index (χ0n) is 13.6. The van der Waals surface area contributed by atoms with E-state index in [2.05, 4.69) is 15.6 Å². The maximum atomic E-state index is 11.9. The second kappa shape index (κ2) is 8.03. The SMILES string of the molecule is Cl.O=C(CNCC1CC1)Nc1nc(-c2ccc3c(c2)OCCO3)cs1. The van der Waals surface area contributed by atoms with Crippen LogP contribution >= 0.6 is 23.7 Å². The Morgan fingerprint density at radius 3 is 2.84 bits per heavy atom. The number of benzene rings is 1. The van der Waals surface area contributed by atoms with Gasteiger partial charge in [-0.25, -0.2) is 4.98 Å². The normalized spacial score (nSPS) is 15.4. The van der Waals surface area contributed by atoms with Gasteiger partial charge in [0.15, 0.2) is 16.6 Å². The van der Waals surface area contributed by atoms with E-state index in [1.165, 1.54) is 24.2 Å². The first-order valence-corrected chi connectivity index (χ1v) is 9.02. The van der Waals surface area contributed by atoms with Crippen molar-refractivity contribution in [3.8, 4) is 22.8 Å². The van der Waals surface area contributed by atoms with Gasteiger partial charge in [0.25, 0.3) is 0 Å². The van der Waals surface area contributed by atoms with Crippen LogP contribution in [-0.2, 0) is 4.79 Å². The van der Waals surface area contributed by atoms with Gasteiger partial charge in [-0.15, -0.1) is 23.7 Å². The standard InChI is InChI=1S/C17H19N3O3S.ClH/c21-16(9-18-8-11-1-2-11)20-17-19-13(10-24-17)12-3-4-14-15(7-12)23-6-5-22-14;/h3-4,7,10-11,18H,1-2,5-6,8-9H2,(H,19,20,21);1H. The van der Waals surface area contributed by atoms with Crippen LogP contribution in [0.5, 0.6) is 11.5 Å². The van der Waals surface area contributed by atoms with Gasteiger partial charge < -0.3 is 20.1 Å². The lowest BCUT2D eigenvalue weighted by molar-refractivity contribution is -0.115. The van der Waals surface area contributed by atoms with Gasteiger partial charge in [-0.1, -0.05) is 0 Å². The molecule has 0 unspecified atom stereocenters. The van der Waals surface area contributed by atoms with Crippen molar-refractivity contribution in [3.63, 3.8) is 0 Å². The summed E-state index contributed by atoms with van der Waals surface area (Å²) in [5.41, 5.74) is 1.76. The molecule has 1 fully saturated rings. The smallest absolute Gasteiger partial charge is 0.240 e. The lowest BCUT2D eigenvalue weighted by Gasteiger charge is -2.18. The number of hydrogen-bond acceptors (Lipinski definition) is 6. The molecule has 1 aliphatic heterocycles.